The number of aromatic nitrogens is 2. The van der Waals surface area contributed by atoms with Crippen molar-refractivity contribution in [3.8, 4) is 0 Å². The summed E-state index contributed by atoms with van der Waals surface area (Å²) in [5, 5.41) is 3.84. The number of aromatic amines is 1. The van der Waals surface area contributed by atoms with Crippen LogP contribution < -0.4 is 5.32 Å². The van der Waals surface area contributed by atoms with Gasteiger partial charge in [0.1, 0.15) is 5.69 Å². The van der Waals surface area contributed by atoms with Gasteiger partial charge in [0.25, 0.3) is 5.91 Å². The van der Waals surface area contributed by atoms with Crippen LogP contribution in [0.15, 0.2) is 18.3 Å². The number of pyridine rings is 1. The number of rotatable bonds is 2. The van der Waals surface area contributed by atoms with Crippen molar-refractivity contribution in [2.75, 3.05) is 0 Å². The van der Waals surface area contributed by atoms with Crippen LogP contribution in [0.25, 0.3) is 10.9 Å². The lowest BCUT2D eigenvalue weighted by Crippen LogP contribution is -2.60. The summed E-state index contributed by atoms with van der Waals surface area (Å²) in [7, 11) is 0. The van der Waals surface area contributed by atoms with Gasteiger partial charge >= 0.3 is 0 Å². The summed E-state index contributed by atoms with van der Waals surface area (Å²) in [6.07, 6.45) is 3.76. The van der Waals surface area contributed by atoms with Crippen LogP contribution in [0.5, 0.6) is 0 Å². The van der Waals surface area contributed by atoms with Crippen molar-refractivity contribution in [1.82, 2.24) is 15.3 Å². The highest BCUT2D eigenvalue weighted by molar-refractivity contribution is 5.98. The van der Waals surface area contributed by atoms with Gasteiger partial charge in [-0.2, -0.15) is 4.39 Å². The normalized spacial score (nSPS) is 31.7. The molecule has 23 heavy (non-hydrogen) atoms. The molecule has 4 nitrogen and oxygen atoms in total. The summed E-state index contributed by atoms with van der Waals surface area (Å²) in [6, 6.07) is 3.25. The average Bonchev–Trinajstić information content (AvgIpc) is 2.91. The molecule has 3 aliphatic carbocycles. The van der Waals surface area contributed by atoms with E-state index in [1.165, 1.54) is 18.7 Å². The molecule has 5 heteroatoms. The summed E-state index contributed by atoms with van der Waals surface area (Å²) >= 11 is 0. The van der Waals surface area contributed by atoms with E-state index >= 15 is 0 Å². The molecule has 2 bridgehead atoms. The van der Waals surface area contributed by atoms with Crippen LogP contribution in [-0.2, 0) is 0 Å². The number of amides is 1. The van der Waals surface area contributed by atoms with Gasteiger partial charge in [-0.1, -0.05) is 20.8 Å². The van der Waals surface area contributed by atoms with Crippen molar-refractivity contribution in [1.29, 1.82) is 0 Å². The molecular weight excluding hydrogens is 293 g/mol. The molecule has 0 spiro atoms. The lowest BCUT2D eigenvalue weighted by atomic mass is 9.45. The number of halogens is 1. The van der Waals surface area contributed by atoms with Crippen molar-refractivity contribution < 1.29 is 9.18 Å². The fraction of sp³-hybridized carbons (Fsp3) is 0.556. The Morgan fingerprint density at radius 3 is 2.87 bits per heavy atom. The van der Waals surface area contributed by atoms with Gasteiger partial charge in [0, 0.05) is 17.5 Å². The third-order valence-electron chi connectivity index (χ3n) is 6.39. The predicted octanol–water partition coefficient (Wildman–Crippen LogP) is 3.50. The molecule has 1 amide bonds. The van der Waals surface area contributed by atoms with Gasteiger partial charge in [-0.3, -0.25) is 4.79 Å². The van der Waals surface area contributed by atoms with Crippen molar-refractivity contribution in [3.63, 3.8) is 0 Å². The van der Waals surface area contributed by atoms with E-state index in [2.05, 4.69) is 36.1 Å². The second-order valence-corrected chi connectivity index (χ2v) is 7.81. The minimum absolute atomic E-state index is 0.113. The van der Waals surface area contributed by atoms with Gasteiger partial charge in [0.05, 0.1) is 11.7 Å². The molecule has 0 saturated heterocycles. The molecule has 3 fully saturated rings. The van der Waals surface area contributed by atoms with Crippen LogP contribution >= 0.6 is 0 Å². The predicted molar refractivity (Wildman–Crippen MR) is 86.5 cm³/mol. The molecule has 122 valence electrons. The molecule has 0 aliphatic heterocycles. The molecule has 2 N–H and O–H groups in total. The summed E-state index contributed by atoms with van der Waals surface area (Å²) in [6.45, 7) is 6.94. The number of carbonyl (C=O) groups is 1. The zero-order valence-corrected chi connectivity index (χ0v) is 13.7. The Morgan fingerprint density at radius 1 is 1.39 bits per heavy atom. The molecule has 2 aromatic heterocycles. The molecule has 3 aliphatic rings. The third-order valence-corrected chi connectivity index (χ3v) is 6.39. The van der Waals surface area contributed by atoms with Gasteiger partial charge in [0.2, 0.25) is 5.95 Å². The Labute approximate surface area is 134 Å². The zero-order valence-electron chi connectivity index (χ0n) is 13.7. The van der Waals surface area contributed by atoms with Gasteiger partial charge in [-0.15, -0.1) is 0 Å². The van der Waals surface area contributed by atoms with Crippen LogP contribution in [0, 0.1) is 29.1 Å². The quantitative estimate of drug-likeness (QED) is 0.833. The number of hydrogen-bond acceptors (Lipinski definition) is 2. The lowest BCUT2D eigenvalue weighted by molar-refractivity contribution is -0.113. The van der Waals surface area contributed by atoms with E-state index < -0.39 is 5.95 Å². The molecule has 3 saturated carbocycles. The highest BCUT2D eigenvalue weighted by Crippen LogP contribution is 2.61. The summed E-state index contributed by atoms with van der Waals surface area (Å²) in [5.41, 5.74) is 1.56. The molecular formula is C18H22FN3O. The summed E-state index contributed by atoms with van der Waals surface area (Å²) in [4.78, 5) is 19.2. The summed E-state index contributed by atoms with van der Waals surface area (Å²) in [5.74, 6) is 1.23. The fourth-order valence-electron chi connectivity index (χ4n) is 4.71. The van der Waals surface area contributed by atoms with Gasteiger partial charge in [-0.25, -0.2) is 4.98 Å². The van der Waals surface area contributed by atoms with E-state index in [0.717, 1.165) is 6.42 Å². The van der Waals surface area contributed by atoms with Crippen LogP contribution in [0.1, 0.15) is 44.1 Å². The second-order valence-electron chi connectivity index (χ2n) is 7.81. The Kier molecular flexibility index (Phi) is 3.06. The van der Waals surface area contributed by atoms with Crippen LogP contribution in [-0.4, -0.2) is 21.9 Å². The third kappa shape index (κ3) is 2.17. The lowest BCUT2D eigenvalue weighted by Gasteiger charge is -2.62. The maximum atomic E-state index is 13.2. The Morgan fingerprint density at radius 2 is 2.17 bits per heavy atom. The van der Waals surface area contributed by atoms with Crippen molar-refractivity contribution in [2.45, 2.75) is 39.7 Å². The SMILES string of the molecule is C[C@@H]1[C@@H](NC(=O)c2cc3cc(F)ncc3[nH]2)C[C@H]2C[C@@H]1C2(C)C. The van der Waals surface area contributed by atoms with E-state index in [9.17, 15) is 9.18 Å². The summed E-state index contributed by atoms with van der Waals surface area (Å²) < 4.78 is 13.2. The minimum atomic E-state index is -0.535. The molecule has 0 radical (unpaired) electrons. The Hall–Kier alpha value is -1.91. The zero-order chi connectivity index (χ0) is 16.4. The minimum Gasteiger partial charge on any atom is -0.349 e. The molecule has 2 heterocycles. The van der Waals surface area contributed by atoms with Gasteiger partial charge in [-0.05, 0) is 42.1 Å². The molecule has 2 aromatic rings. The number of nitrogens with zero attached hydrogens (tertiary/aromatic N) is 1. The molecule has 0 unspecified atom stereocenters. The number of fused-ring (bicyclic) bond motifs is 3. The van der Waals surface area contributed by atoms with E-state index in [1.807, 2.05) is 0 Å². The van der Waals surface area contributed by atoms with Crippen LogP contribution in [0.3, 0.4) is 0 Å². The first kappa shape index (κ1) is 14.7. The maximum Gasteiger partial charge on any atom is 0.267 e. The number of carbonyl (C=O) groups excluding carboxylic acids is 1. The standard InChI is InChI=1S/C18H22FN3O/c1-9-12-6-11(18(12,2)3)7-13(9)22-17(23)14-4-10-5-16(19)20-8-15(10)21-14/h4-5,8-9,11-13,21H,6-7H2,1-3H3,(H,22,23)/t9-,11+,12-,13-/m0/s1. The van der Waals surface area contributed by atoms with Crippen LogP contribution in [0.4, 0.5) is 4.39 Å². The number of nitrogens with one attached hydrogen (secondary N) is 2. The highest BCUT2D eigenvalue weighted by atomic mass is 19.1. The first-order chi connectivity index (χ1) is 10.9. The Balaban J connectivity index is 1.51. The molecule has 0 aromatic carbocycles. The van der Waals surface area contributed by atoms with Crippen LogP contribution in [0.2, 0.25) is 0 Å². The Bertz CT molecular complexity index is 782. The smallest absolute Gasteiger partial charge is 0.267 e. The van der Waals surface area contributed by atoms with Gasteiger partial charge in [0.15, 0.2) is 0 Å². The van der Waals surface area contributed by atoms with E-state index in [-0.39, 0.29) is 11.9 Å². The molecule has 4 atom stereocenters. The highest BCUT2D eigenvalue weighted by Gasteiger charge is 2.56. The van der Waals surface area contributed by atoms with Crippen molar-refractivity contribution in [2.24, 2.45) is 23.2 Å². The van der Waals surface area contributed by atoms with Gasteiger partial charge < -0.3 is 10.3 Å². The fourth-order valence-corrected chi connectivity index (χ4v) is 4.71. The topological polar surface area (TPSA) is 57.8 Å². The molecule has 5 rings (SSSR count). The van der Waals surface area contributed by atoms with Crippen molar-refractivity contribution >= 4 is 16.8 Å². The monoisotopic (exact) mass is 315 g/mol. The maximum absolute atomic E-state index is 13.2. The number of H-pyrrole nitrogens is 1. The number of hydrogen-bond donors (Lipinski definition) is 2. The second kappa shape index (κ2) is 4.79. The van der Waals surface area contributed by atoms with E-state index in [1.54, 1.807) is 6.07 Å². The van der Waals surface area contributed by atoms with E-state index in [4.69, 9.17) is 0 Å². The first-order valence-corrected chi connectivity index (χ1v) is 8.31. The average molecular weight is 315 g/mol. The largest absolute Gasteiger partial charge is 0.349 e. The van der Waals surface area contributed by atoms with E-state index in [0.29, 0.717) is 39.8 Å². The van der Waals surface area contributed by atoms with Crippen molar-refractivity contribution in [3.05, 3.63) is 30.0 Å². The first-order valence-electron chi connectivity index (χ1n) is 8.31.